The second-order valence-electron chi connectivity index (χ2n) is 8.23. The average Bonchev–Trinajstić information content (AvgIpc) is 3.16. The fourth-order valence-electron chi connectivity index (χ4n) is 3.20. The summed E-state index contributed by atoms with van der Waals surface area (Å²) in [6, 6.07) is 15.0. The summed E-state index contributed by atoms with van der Waals surface area (Å²) in [5.74, 6) is 0.233. The molecule has 0 saturated carbocycles. The lowest BCUT2D eigenvalue weighted by molar-refractivity contribution is -0.604. The molecule has 0 radical (unpaired) electrons. The van der Waals surface area contributed by atoms with Crippen LogP contribution in [0, 0.1) is 5.21 Å². The number of anilines is 1. The molecule has 9 heteroatoms. The molecule has 160 valence electrons. The van der Waals surface area contributed by atoms with Crippen LogP contribution in [0.25, 0.3) is 16.8 Å². The van der Waals surface area contributed by atoms with Crippen molar-refractivity contribution >= 4 is 33.0 Å². The normalized spacial score (nSPS) is 12.3. The number of rotatable bonds is 4. The Bertz CT molecular complexity index is 1370. The second kappa shape index (κ2) is 7.55. The fraction of sp³-hybridized carbons (Fsp3) is 0.182. The van der Waals surface area contributed by atoms with Crippen LogP contribution >= 0.6 is 11.6 Å². The number of aromatic nitrogens is 3. The van der Waals surface area contributed by atoms with Gasteiger partial charge in [0.1, 0.15) is 5.82 Å². The van der Waals surface area contributed by atoms with E-state index in [1.54, 1.807) is 42.5 Å². The van der Waals surface area contributed by atoms with Crippen molar-refractivity contribution in [3.8, 4) is 11.3 Å². The number of sulfonamides is 1. The van der Waals surface area contributed by atoms with E-state index in [-0.39, 0.29) is 16.1 Å². The van der Waals surface area contributed by atoms with Crippen LogP contribution in [-0.2, 0) is 15.4 Å². The highest BCUT2D eigenvalue weighted by Crippen LogP contribution is 2.28. The minimum absolute atomic E-state index is 0.0802. The average molecular weight is 457 g/mol. The topological polar surface area (TPSA) is 90.4 Å². The van der Waals surface area contributed by atoms with E-state index in [0.29, 0.717) is 26.5 Å². The quantitative estimate of drug-likeness (QED) is 0.364. The molecule has 0 saturated heterocycles. The number of fused-ring (bicyclic) bond motifs is 1. The molecule has 1 aromatic carbocycles. The molecular formula is C22H21ClN4O3S. The number of hydrogen-bond acceptors (Lipinski definition) is 4. The van der Waals surface area contributed by atoms with Gasteiger partial charge in [-0.05, 0) is 47.4 Å². The summed E-state index contributed by atoms with van der Waals surface area (Å²) in [4.78, 5) is 0.145. The smallest absolute Gasteiger partial charge is 0.263 e. The zero-order valence-corrected chi connectivity index (χ0v) is 18.8. The van der Waals surface area contributed by atoms with Gasteiger partial charge in [0.25, 0.3) is 10.0 Å². The molecule has 1 N–H and O–H groups in total. The summed E-state index contributed by atoms with van der Waals surface area (Å²) < 4.78 is 30.6. The number of hydrogen-bond donors (Lipinski definition) is 1. The van der Waals surface area contributed by atoms with Crippen molar-refractivity contribution in [1.82, 2.24) is 9.61 Å². The molecule has 7 nitrogen and oxygen atoms in total. The molecule has 0 unspecified atom stereocenters. The highest BCUT2D eigenvalue weighted by atomic mass is 35.5. The summed E-state index contributed by atoms with van der Waals surface area (Å²) in [6.07, 6.45) is 2.76. The van der Waals surface area contributed by atoms with Crippen molar-refractivity contribution in [3.05, 3.63) is 82.8 Å². The molecule has 0 spiro atoms. The molecule has 0 aliphatic heterocycles. The lowest BCUT2D eigenvalue weighted by Crippen LogP contribution is -2.23. The maximum absolute atomic E-state index is 13.0. The van der Waals surface area contributed by atoms with Crippen LogP contribution in [0.15, 0.2) is 71.9 Å². The predicted octanol–water partition coefficient (Wildman–Crippen LogP) is 4.39. The van der Waals surface area contributed by atoms with E-state index in [9.17, 15) is 13.6 Å². The molecule has 0 amide bonds. The van der Waals surface area contributed by atoms with Gasteiger partial charge in [-0.1, -0.05) is 44.5 Å². The number of halogens is 1. The maximum atomic E-state index is 13.0. The molecule has 3 aromatic heterocycles. The molecule has 4 rings (SSSR count). The molecule has 3 heterocycles. The molecule has 0 atom stereocenters. The van der Waals surface area contributed by atoms with Gasteiger partial charge in [0, 0.05) is 6.07 Å². The third-order valence-corrected chi connectivity index (χ3v) is 6.60. The lowest BCUT2D eigenvalue weighted by atomic mass is 9.87. The first-order chi connectivity index (χ1) is 14.5. The van der Waals surface area contributed by atoms with E-state index < -0.39 is 10.0 Å². The van der Waals surface area contributed by atoms with Crippen LogP contribution in [0.2, 0.25) is 5.02 Å². The van der Waals surface area contributed by atoms with Crippen molar-refractivity contribution in [3.63, 3.8) is 0 Å². The minimum atomic E-state index is -3.85. The first-order valence-corrected chi connectivity index (χ1v) is 11.4. The standard InChI is InChI=1S/C22H21ClN4O3S/c1-22(2,3)16-6-8-17(9-7-16)31(29,30)25-21-11-10-18(23)20-13-19(24-27(20)21)15-5-4-12-26(28)14-15/h4-14,25H,1-3H3. The zero-order valence-electron chi connectivity index (χ0n) is 17.2. The highest BCUT2D eigenvalue weighted by Gasteiger charge is 2.20. The van der Waals surface area contributed by atoms with Crippen molar-refractivity contribution < 1.29 is 13.1 Å². The Morgan fingerprint density at radius 2 is 1.81 bits per heavy atom. The van der Waals surface area contributed by atoms with Gasteiger partial charge in [0.15, 0.2) is 12.4 Å². The number of benzene rings is 1. The monoisotopic (exact) mass is 456 g/mol. The van der Waals surface area contributed by atoms with Crippen LogP contribution in [0.4, 0.5) is 5.82 Å². The summed E-state index contributed by atoms with van der Waals surface area (Å²) >= 11 is 6.30. The lowest BCUT2D eigenvalue weighted by Gasteiger charge is -2.19. The van der Waals surface area contributed by atoms with Crippen LogP contribution in [0.5, 0.6) is 0 Å². The summed E-state index contributed by atoms with van der Waals surface area (Å²) in [5.41, 5.74) is 2.55. The molecule has 4 aromatic rings. The van der Waals surface area contributed by atoms with Crippen molar-refractivity contribution in [1.29, 1.82) is 0 Å². The summed E-state index contributed by atoms with van der Waals surface area (Å²) in [6.45, 7) is 6.20. The van der Waals surface area contributed by atoms with Crippen LogP contribution in [-0.4, -0.2) is 18.0 Å². The van der Waals surface area contributed by atoms with E-state index in [0.717, 1.165) is 5.56 Å². The van der Waals surface area contributed by atoms with E-state index in [1.807, 2.05) is 12.1 Å². The Kier molecular flexibility index (Phi) is 5.15. The van der Waals surface area contributed by atoms with Crippen molar-refractivity contribution in [2.45, 2.75) is 31.1 Å². The van der Waals surface area contributed by atoms with Gasteiger partial charge >= 0.3 is 0 Å². The SMILES string of the molecule is CC(C)(C)c1ccc(S(=O)(=O)Nc2ccc(Cl)c3cc(-c4ccc[n+]([O-])c4)nn23)cc1. The van der Waals surface area contributed by atoms with Crippen LogP contribution in [0.3, 0.4) is 0 Å². The van der Waals surface area contributed by atoms with Crippen LogP contribution in [0.1, 0.15) is 26.3 Å². The fourth-order valence-corrected chi connectivity index (χ4v) is 4.44. The van der Waals surface area contributed by atoms with Gasteiger partial charge in [0.05, 0.1) is 26.7 Å². The van der Waals surface area contributed by atoms with Crippen molar-refractivity contribution in [2.75, 3.05) is 4.72 Å². The number of nitrogens with one attached hydrogen (secondary N) is 1. The summed E-state index contributed by atoms with van der Waals surface area (Å²) in [7, 11) is -3.85. The third-order valence-electron chi connectivity index (χ3n) is 4.91. The van der Waals surface area contributed by atoms with E-state index >= 15 is 0 Å². The van der Waals surface area contributed by atoms with Gasteiger partial charge < -0.3 is 5.21 Å². The first kappa shape index (κ1) is 21.1. The Hall–Kier alpha value is -3.10. The molecule has 0 bridgehead atoms. The Balaban J connectivity index is 1.73. The Morgan fingerprint density at radius 3 is 2.45 bits per heavy atom. The molecular weight excluding hydrogens is 436 g/mol. The Morgan fingerprint density at radius 1 is 1.10 bits per heavy atom. The first-order valence-electron chi connectivity index (χ1n) is 9.55. The molecule has 0 fully saturated rings. The van der Waals surface area contributed by atoms with Gasteiger partial charge in [-0.2, -0.15) is 9.83 Å². The van der Waals surface area contributed by atoms with Crippen molar-refractivity contribution in [2.24, 2.45) is 0 Å². The van der Waals surface area contributed by atoms with E-state index in [2.05, 4.69) is 30.6 Å². The zero-order chi connectivity index (χ0) is 22.4. The van der Waals surface area contributed by atoms with E-state index in [4.69, 9.17) is 11.6 Å². The Labute approximate surface area is 185 Å². The maximum Gasteiger partial charge on any atom is 0.263 e. The third kappa shape index (κ3) is 4.22. The molecule has 31 heavy (non-hydrogen) atoms. The second-order valence-corrected chi connectivity index (χ2v) is 10.3. The van der Waals surface area contributed by atoms with Crippen LogP contribution < -0.4 is 9.45 Å². The number of nitrogens with zero attached hydrogens (tertiary/aromatic N) is 3. The molecule has 0 aliphatic rings. The summed E-state index contributed by atoms with van der Waals surface area (Å²) in [5, 5.41) is 16.5. The largest absolute Gasteiger partial charge is 0.619 e. The van der Waals surface area contributed by atoms with E-state index in [1.165, 1.54) is 16.9 Å². The minimum Gasteiger partial charge on any atom is -0.619 e. The number of pyridine rings is 2. The van der Waals surface area contributed by atoms with Gasteiger partial charge in [0.2, 0.25) is 0 Å². The molecule has 0 aliphatic carbocycles. The highest BCUT2D eigenvalue weighted by molar-refractivity contribution is 7.92. The van der Waals surface area contributed by atoms with Gasteiger partial charge in [-0.3, -0.25) is 4.72 Å². The van der Waals surface area contributed by atoms with Gasteiger partial charge in [-0.15, -0.1) is 0 Å². The van der Waals surface area contributed by atoms with Gasteiger partial charge in [-0.25, -0.2) is 12.9 Å². The predicted molar refractivity (Wildman–Crippen MR) is 121 cm³/mol.